The molecule has 0 unspecified atom stereocenters. The van der Waals surface area contributed by atoms with Gasteiger partial charge in [-0.25, -0.2) is 4.79 Å². The monoisotopic (exact) mass is 224 g/mol. The fraction of sp³-hybridized carbons (Fsp3) is 0.333. The largest absolute Gasteiger partial charge is 0.477 e. The maximum Gasteiger partial charge on any atom is 0.373 e. The molecule has 0 atom stereocenters. The molecule has 1 rings (SSSR count). The number of nitrogens with zero attached hydrogens (tertiary/aromatic N) is 1. The summed E-state index contributed by atoms with van der Waals surface area (Å²) in [5.41, 5.74) is -0.211. The van der Waals surface area contributed by atoms with Crippen LogP contribution in [0.5, 0.6) is 0 Å². The number of nitrogens with one attached hydrogen (secondary N) is 1. The molecule has 1 aromatic heterocycles. The van der Waals surface area contributed by atoms with E-state index in [4.69, 9.17) is 10.1 Å². The molecule has 6 nitrogen and oxygen atoms in total. The van der Waals surface area contributed by atoms with Gasteiger partial charge in [-0.2, -0.15) is 0 Å². The van der Waals surface area contributed by atoms with Crippen LogP contribution in [-0.4, -0.2) is 27.7 Å². The molecule has 0 saturated heterocycles. The molecule has 0 aromatic carbocycles. The molecule has 0 aliphatic rings. The van der Waals surface area contributed by atoms with Gasteiger partial charge in [-0.3, -0.25) is 4.79 Å². The average molecular weight is 224 g/mol. The average Bonchev–Trinajstić information content (AvgIpc) is 2.19. The van der Waals surface area contributed by atoms with Gasteiger partial charge in [-0.15, -0.1) is 0 Å². The van der Waals surface area contributed by atoms with Crippen LogP contribution in [0.2, 0.25) is 6.82 Å². The summed E-state index contributed by atoms with van der Waals surface area (Å²) in [4.78, 5) is 22.2. The van der Waals surface area contributed by atoms with Gasteiger partial charge < -0.3 is 19.9 Å². The first-order valence-corrected chi connectivity index (χ1v) is 4.77. The van der Waals surface area contributed by atoms with Gasteiger partial charge in [0.15, 0.2) is 0 Å². The Morgan fingerprint density at radius 2 is 2.19 bits per heavy atom. The number of carboxylic acids is 1. The van der Waals surface area contributed by atoms with Crippen LogP contribution in [0.1, 0.15) is 16.1 Å². The quantitative estimate of drug-likeness (QED) is 0.587. The number of hydrogen-bond donors (Lipinski definition) is 3. The van der Waals surface area contributed by atoms with Crippen LogP contribution < -0.4 is 10.8 Å². The van der Waals surface area contributed by atoms with Crippen LogP contribution in [0, 0.1) is 0 Å². The van der Waals surface area contributed by atoms with Crippen LogP contribution in [0.15, 0.2) is 16.9 Å². The van der Waals surface area contributed by atoms with Crippen LogP contribution in [0.25, 0.3) is 0 Å². The molecule has 0 fully saturated rings. The molecule has 0 aliphatic heterocycles. The SMILES string of the molecule is CB(O)NCc1ccc(C(=O)O)c(=O)n1C. The smallest absolute Gasteiger partial charge is 0.373 e. The molecule has 0 aliphatic carbocycles. The molecule has 7 heteroatoms. The summed E-state index contributed by atoms with van der Waals surface area (Å²) in [5, 5.41) is 20.5. The molecule has 0 radical (unpaired) electrons. The summed E-state index contributed by atoms with van der Waals surface area (Å²) in [6, 6.07) is 2.81. The molecule has 0 spiro atoms. The fourth-order valence-electron chi connectivity index (χ4n) is 1.27. The summed E-state index contributed by atoms with van der Waals surface area (Å²) < 4.78 is 1.25. The Kier molecular flexibility index (Phi) is 3.86. The number of pyridine rings is 1. The van der Waals surface area contributed by atoms with Crippen molar-refractivity contribution in [3.05, 3.63) is 33.7 Å². The Bertz CT molecular complexity index is 455. The van der Waals surface area contributed by atoms with E-state index in [1.165, 1.54) is 17.7 Å². The van der Waals surface area contributed by atoms with Crippen LogP contribution in [0.4, 0.5) is 0 Å². The zero-order chi connectivity index (χ0) is 12.3. The molecule has 3 N–H and O–H groups in total. The number of rotatable bonds is 4. The summed E-state index contributed by atoms with van der Waals surface area (Å²) in [6.07, 6.45) is 0. The second-order valence-electron chi connectivity index (χ2n) is 3.46. The number of carbonyl (C=O) groups is 1. The van der Waals surface area contributed by atoms with E-state index >= 15 is 0 Å². The minimum atomic E-state index is -1.24. The highest BCUT2D eigenvalue weighted by Crippen LogP contribution is 1.98. The Balaban J connectivity index is 3.03. The van der Waals surface area contributed by atoms with E-state index in [9.17, 15) is 9.59 Å². The van der Waals surface area contributed by atoms with Crippen molar-refractivity contribution in [1.82, 2.24) is 9.79 Å². The second-order valence-corrected chi connectivity index (χ2v) is 3.46. The van der Waals surface area contributed by atoms with Crippen molar-refractivity contribution in [3.63, 3.8) is 0 Å². The minimum Gasteiger partial charge on any atom is -0.477 e. The Labute approximate surface area is 92.7 Å². The topological polar surface area (TPSA) is 91.6 Å². The van der Waals surface area contributed by atoms with Crippen molar-refractivity contribution < 1.29 is 14.9 Å². The maximum absolute atomic E-state index is 11.6. The van der Waals surface area contributed by atoms with Crippen molar-refractivity contribution in [2.75, 3.05) is 0 Å². The lowest BCUT2D eigenvalue weighted by atomic mass is 9.89. The highest BCUT2D eigenvalue weighted by molar-refractivity contribution is 6.45. The zero-order valence-corrected chi connectivity index (χ0v) is 9.10. The first kappa shape index (κ1) is 12.5. The summed E-state index contributed by atoms with van der Waals surface area (Å²) >= 11 is 0. The van der Waals surface area contributed by atoms with Crippen LogP contribution in [-0.2, 0) is 13.6 Å². The number of aromatic carboxylic acids is 1. The van der Waals surface area contributed by atoms with Gasteiger partial charge in [0.1, 0.15) is 5.56 Å². The van der Waals surface area contributed by atoms with Gasteiger partial charge in [0, 0.05) is 19.3 Å². The van der Waals surface area contributed by atoms with Gasteiger partial charge >= 0.3 is 13.0 Å². The predicted molar refractivity (Wildman–Crippen MR) is 59.3 cm³/mol. The van der Waals surface area contributed by atoms with Crippen molar-refractivity contribution in [2.45, 2.75) is 13.4 Å². The Morgan fingerprint density at radius 3 is 2.69 bits per heavy atom. The van der Waals surface area contributed by atoms with Gasteiger partial charge in [0.05, 0.1) is 0 Å². The standard InChI is InChI=1S/C9H13BN2O4/c1-10(16)11-5-6-3-4-7(9(14)15)8(13)12(6)2/h3-4,11,16H,5H2,1-2H3,(H,14,15). The van der Waals surface area contributed by atoms with Crippen molar-refractivity contribution in [3.8, 4) is 0 Å². The van der Waals surface area contributed by atoms with Gasteiger partial charge in [0.2, 0.25) is 0 Å². The minimum absolute atomic E-state index is 0.261. The molecular formula is C9H13BN2O4. The summed E-state index contributed by atoms with van der Waals surface area (Å²) in [6.45, 7) is 1.85. The highest BCUT2D eigenvalue weighted by atomic mass is 16.4. The lowest BCUT2D eigenvalue weighted by molar-refractivity contribution is 0.0694. The third-order valence-electron chi connectivity index (χ3n) is 2.22. The fourth-order valence-corrected chi connectivity index (χ4v) is 1.27. The van der Waals surface area contributed by atoms with E-state index in [2.05, 4.69) is 5.23 Å². The molecular weight excluding hydrogens is 211 g/mol. The third kappa shape index (κ3) is 2.71. The highest BCUT2D eigenvalue weighted by Gasteiger charge is 2.12. The van der Waals surface area contributed by atoms with Crippen LogP contribution >= 0.6 is 0 Å². The molecule has 0 bridgehead atoms. The third-order valence-corrected chi connectivity index (χ3v) is 2.22. The molecule has 86 valence electrons. The van der Waals surface area contributed by atoms with Gasteiger partial charge in [-0.05, 0) is 19.0 Å². The first-order chi connectivity index (χ1) is 7.43. The lowest BCUT2D eigenvalue weighted by Crippen LogP contribution is -2.33. The number of carboxylic acid groups (broad SMARTS) is 1. The molecule has 16 heavy (non-hydrogen) atoms. The number of aromatic nitrogens is 1. The zero-order valence-electron chi connectivity index (χ0n) is 9.10. The lowest BCUT2D eigenvalue weighted by Gasteiger charge is -2.10. The summed E-state index contributed by atoms with van der Waals surface area (Å²) in [5.74, 6) is -1.24. The van der Waals surface area contributed by atoms with Gasteiger partial charge in [-0.1, -0.05) is 0 Å². The van der Waals surface area contributed by atoms with E-state index in [-0.39, 0.29) is 5.56 Å². The van der Waals surface area contributed by atoms with Gasteiger partial charge in [0.25, 0.3) is 5.56 Å². The summed E-state index contributed by atoms with van der Waals surface area (Å²) in [7, 11) is 0.808. The van der Waals surface area contributed by atoms with E-state index in [1.54, 1.807) is 12.9 Å². The molecule has 0 amide bonds. The van der Waals surface area contributed by atoms with E-state index in [1.807, 2.05) is 0 Å². The number of hydrogen-bond acceptors (Lipinski definition) is 4. The normalized spacial score (nSPS) is 10.2. The van der Waals surface area contributed by atoms with E-state index in [0.29, 0.717) is 12.2 Å². The Hall–Kier alpha value is -1.60. The second kappa shape index (κ2) is 4.95. The van der Waals surface area contributed by atoms with Crippen molar-refractivity contribution >= 4 is 13.0 Å². The Morgan fingerprint density at radius 1 is 1.56 bits per heavy atom. The maximum atomic E-state index is 11.6. The molecule has 1 heterocycles. The van der Waals surface area contributed by atoms with Crippen LogP contribution in [0.3, 0.4) is 0 Å². The van der Waals surface area contributed by atoms with Crippen molar-refractivity contribution in [1.29, 1.82) is 0 Å². The van der Waals surface area contributed by atoms with E-state index in [0.717, 1.165) is 0 Å². The predicted octanol–water partition coefficient (Wildman–Crippen LogP) is -0.717. The first-order valence-electron chi connectivity index (χ1n) is 4.77. The van der Waals surface area contributed by atoms with Crippen molar-refractivity contribution in [2.24, 2.45) is 7.05 Å². The van der Waals surface area contributed by atoms with E-state index < -0.39 is 18.6 Å². The molecule has 1 aromatic rings. The molecule has 0 saturated carbocycles.